The molecule has 0 unspecified atom stereocenters. The zero-order chi connectivity index (χ0) is 16.7. The number of hydrogen-bond acceptors (Lipinski definition) is 4. The van der Waals surface area contributed by atoms with Crippen LogP contribution in [-0.2, 0) is 14.3 Å². The van der Waals surface area contributed by atoms with E-state index in [1.165, 1.54) is 6.92 Å². The van der Waals surface area contributed by atoms with Crippen molar-refractivity contribution in [2.24, 2.45) is 0 Å². The Kier molecular flexibility index (Phi) is 7.13. The van der Waals surface area contributed by atoms with Crippen molar-refractivity contribution >= 4 is 11.9 Å². The van der Waals surface area contributed by atoms with Crippen LogP contribution in [0, 0.1) is 0 Å². The lowest BCUT2D eigenvalue weighted by molar-refractivity contribution is -0.151. The van der Waals surface area contributed by atoms with Crippen molar-refractivity contribution in [3.8, 4) is 0 Å². The van der Waals surface area contributed by atoms with Crippen LogP contribution in [0.25, 0.3) is 0 Å². The molecule has 4 heteroatoms. The molecule has 0 bridgehead atoms. The Morgan fingerprint density at radius 2 is 1.24 bits per heavy atom. The molecule has 0 radical (unpaired) electrons. The standard InChI is InChI=1S/C11H14O2.C6H12O2/c1-11(2,3)13-10(12)9-7-5-4-6-8-9;1-5(7)8-6(2,3)4/h4-8H,1-3H3;1-4H3. The Bertz CT molecular complexity index is 450. The number of esters is 2. The molecular formula is C17H26O4. The number of carbonyl (C=O) groups excluding carboxylic acids is 2. The van der Waals surface area contributed by atoms with E-state index in [0.29, 0.717) is 5.56 Å². The van der Waals surface area contributed by atoms with Crippen LogP contribution in [-0.4, -0.2) is 23.1 Å². The van der Waals surface area contributed by atoms with Gasteiger partial charge in [-0.25, -0.2) is 4.79 Å². The molecule has 0 saturated carbocycles. The van der Waals surface area contributed by atoms with Crippen molar-refractivity contribution in [2.75, 3.05) is 0 Å². The van der Waals surface area contributed by atoms with Gasteiger partial charge in [0.1, 0.15) is 11.2 Å². The van der Waals surface area contributed by atoms with E-state index < -0.39 is 5.60 Å². The fourth-order valence-corrected chi connectivity index (χ4v) is 1.34. The smallest absolute Gasteiger partial charge is 0.338 e. The van der Waals surface area contributed by atoms with E-state index in [0.717, 1.165) is 0 Å². The van der Waals surface area contributed by atoms with Crippen LogP contribution in [0.1, 0.15) is 58.8 Å². The summed E-state index contributed by atoms with van der Waals surface area (Å²) in [5.74, 6) is -0.495. The molecule has 118 valence electrons. The van der Waals surface area contributed by atoms with Gasteiger partial charge >= 0.3 is 11.9 Å². The lowest BCUT2D eigenvalue weighted by Gasteiger charge is -2.19. The zero-order valence-electron chi connectivity index (χ0n) is 14.0. The summed E-state index contributed by atoms with van der Waals surface area (Å²) in [6.07, 6.45) is 0. The molecular weight excluding hydrogens is 268 g/mol. The quantitative estimate of drug-likeness (QED) is 0.735. The second-order valence-electron chi connectivity index (χ2n) is 6.57. The summed E-state index contributed by atoms with van der Waals surface area (Å²) in [6.45, 7) is 12.5. The summed E-state index contributed by atoms with van der Waals surface area (Å²) in [4.78, 5) is 21.7. The van der Waals surface area contributed by atoms with Gasteiger partial charge in [0.25, 0.3) is 0 Å². The molecule has 0 aromatic heterocycles. The molecule has 21 heavy (non-hydrogen) atoms. The fraction of sp³-hybridized carbons (Fsp3) is 0.529. The highest BCUT2D eigenvalue weighted by molar-refractivity contribution is 5.89. The van der Waals surface area contributed by atoms with Gasteiger partial charge in [-0.2, -0.15) is 0 Å². The van der Waals surface area contributed by atoms with Crippen LogP contribution >= 0.6 is 0 Å². The van der Waals surface area contributed by atoms with Gasteiger partial charge in [0.05, 0.1) is 5.56 Å². The van der Waals surface area contributed by atoms with E-state index in [2.05, 4.69) is 0 Å². The number of benzene rings is 1. The van der Waals surface area contributed by atoms with Crippen molar-refractivity contribution < 1.29 is 19.1 Å². The van der Waals surface area contributed by atoms with Crippen LogP contribution in [0.4, 0.5) is 0 Å². The number of rotatable bonds is 1. The first-order chi connectivity index (χ1) is 9.41. The Labute approximate surface area is 127 Å². The molecule has 1 aromatic carbocycles. The first-order valence-corrected chi connectivity index (χ1v) is 6.89. The maximum Gasteiger partial charge on any atom is 0.338 e. The van der Waals surface area contributed by atoms with Crippen molar-refractivity contribution in [1.82, 2.24) is 0 Å². The minimum absolute atomic E-state index is 0.225. The minimum Gasteiger partial charge on any atom is -0.460 e. The third-order valence-corrected chi connectivity index (χ3v) is 1.86. The maximum absolute atomic E-state index is 11.4. The van der Waals surface area contributed by atoms with E-state index in [-0.39, 0.29) is 17.5 Å². The van der Waals surface area contributed by atoms with Crippen LogP contribution < -0.4 is 0 Å². The predicted molar refractivity (Wildman–Crippen MR) is 83.1 cm³/mol. The zero-order valence-corrected chi connectivity index (χ0v) is 14.0. The van der Waals surface area contributed by atoms with Crippen LogP contribution in [0.2, 0.25) is 0 Å². The van der Waals surface area contributed by atoms with E-state index in [9.17, 15) is 9.59 Å². The SMILES string of the molecule is CC(=O)OC(C)(C)C.CC(C)(C)OC(=O)c1ccccc1. The normalized spacial score (nSPS) is 11.0. The van der Waals surface area contributed by atoms with Gasteiger partial charge in [-0.3, -0.25) is 4.79 Å². The number of ether oxygens (including phenoxy) is 2. The van der Waals surface area contributed by atoms with Gasteiger partial charge in [-0.05, 0) is 53.7 Å². The van der Waals surface area contributed by atoms with E-state index in [4.69, 9.17) is 9.47 Å². The Morgan fingerprint density at radius 1 is 0.810 bits per heavy atom. The van der Waals surface area contributed by atoms with Crippen LogP contribution in [0.3, 0.4) is 0 Å². The van der Waals surface area contributed by atoms with E-state index in [1.807, 2.05) is 59.7 Å². The Morgan fingerprint density at radius 3 is 1.52 bits per heavy atom. The van der Waals surface area contributed by atoms with Crippen molar-refractivity contribution in [1.29, 1.82) is 0 Å². The average Bonchev–Trinajstić information content (AvgIpc) is 2.25. The van der Waals surface area contributed by atoms with Gasteiger partial charge in [-0.1, -0.05) is 18.2 Å². The van der Waals surface area contributed by atoms with Crippen molar-refractivity contribution in [2.45, 2.75) is 59.7 Å². The second kappa shape index (κ2) is 7.81. The molecule has 1 rings (SSSR count). The minimum atomic E-state index is -0.424. The Balaban J connectivity index is 0.000000433. The number of carbonyl (C=O) groups is 2. The predicted octanol–water partition coefficient (Wildman–Crippen LogP) is 3.99. The third kappa shape index (κ3) is 11.7. The summed E-state index contributed by atoms with van der Waals surface area (Å²) in [5.41, 5.74) is -0.156. The molecule has 0 aliphatic rings. The van der Waals surface area contributed by atoms with Gasteiger partial charge in [0.15, 0.2) is 0 Å². The molecule has 0 spiro atoms. The highest BCUT2D eigenvalue weighted by atomic mass is 16.6. The van der Waals surface area contributed by atoms with Crippen LogP contribution in [0.15, 0.2) is 30.3 Å². The topological polar surface area (TPSA) is 52.6 Å². The third-order valence-electron chi connectivity index (χ3n) is 1.86. The molecule has 0 atom stereocenters. The summed E-state index contributed by atoms with van der Waals surface area (Å²) in [7, 11) is 0. The highest BCUT2D eigenvalue weighted by Gasteiger charge is 2.17. The molecule has 0 amide bonds. The average molecular weight is 294 g/mol. The number of hydrogen-bond donors (Lipinski definition) is 0. The lowest BCUT2D eigenvalue weighted by Crippen LogP contribution is -2.23. The molecule has 0 N–H and O–H groups in total. The molecule has 0 aliphatic heterocycles. The summed E-state index contributed by atoms with van der Waals surface area (Å²) < 4.78 is 9.98. The highest BCUT2D eigenvalue weighted by Crippen LogP contribution is 2.11. The maximum atomic E-state index is 11.4. The largest absolute Gasteiger partial charge is 0.460 e. The Hall–Kier alpha value is -1.84. The molecule has 0 aliphatic carbocycles. The van der Waals surface area contributed by atoms with Crippen molar-refractivity contribution in [3.63, 3.8) is 0 Å². The molecule has 0 heterocycles. The summed E-state index contributed by atoms with van der Waals surface area (Å²) in [5, 5.41) is 0. The van der Waals surface area contributed by atoms with E-state index >= 15 is 0 Å². The molecule has 0 saturated heterocycles. The van der Waals surface area contributed by atoms with E-state index in [1.54, 1.807) is 12.1 Å². The van der Waals surface area contributed by atoms with Crippen molar-refractivity contribution in [3.05, 3.63) is 35.9 Å². The first-order valence-electron chi connectivity index (χ1n) is 6.89. The van der Waals surface area contributed by atoms with Crippen LogP contribution in [0.5, 0.6) is 0 Å². The summed E-state index contributed by atoms with van der Waals surface area (Å²) in [6, 6.07) is 8.99. The molecule has 4 nitrogen and oxygen atoms in total. The monoisotopic (exact) mass is 294 g/mol. The lowest BCUT2D eigenvalue weighted by atomic mass is 10.2. The van der Waals surface area contributed by atoms with Gasteiger partial charge < -0.3 is 9.47 Å². The first kappa shape index (κ1) is 19.2. The van der Waals surface area contributed by atoms with Gasteiger partial charge in [0, 0.05) is 6.92 Å². The summed E-state index contributed by atoms with van der Waals surface area (Å²) >= 11 is 0. The van der Waals surface area contributed by atoms with Gasteiger partial charge in [0.2, 0.25) is 0 Å². The molecule has 1 aromatic rings. The second-order valence-corrected chi connectivity index (χ2v) is 6.57. The fourth-order valence-electron chi connectivity index (χ4n) is 1.34. The molecule has 0 fully saturated rings. The van der Waals surface area contributed by atoms with Gasteiger partial charge in [-0.15, -0.1) is 0 Å².